The smallest absolute Gasteiger partial charge is 0.129 e. The third-order valence-corrected chi connectivity index (χ3v) is 1.84. The zero-order chi connectivity index (χ0) is 10.5. The fraction of sp³-hybridized carbons (Fsp3) is 0.917. The fourth-order valence-corrected chi connectivity index (χ4v) is 0.977. The molecule has 0 aliphatic carbocycles. The maximum atomic E-state index is 10.3. The van der Waals surface area contributed by atoms with Crippen molar-refractivity contribution >= 4 is 5.78 Å². The Morgan fingerprint density at radius 3 is 1.54 bits per heavy atom. The van der Waals surface area contributed by atoms with Gasteiger partial charge >= 0.3 is 0 Å². The molecule has 0 radical (unpaired) electrons. The van der Waals surface area contributed by atoms with Crippen molar-refractivity contribution < 1.29 is 4.79 Å². The molecular formula is C12H26O. The normalized spacial score (nSPS) is 8.92. The van der Waals surface area contributed by atoms with Crippen LogP contribution in [0.15, 0.2) is 0 Å². The SMILES string of the molecule is CCCCC.CCCCCC(C)=O. The van der Waals surface area contributed by atoms with E-state index in [1.807, 2.05) is 0 Å². The highest BCUT2D eigenvalue weighted by Crippen LogP contribution is 1.98. The Labute approximate surface area is 83.9 Å². The van der Waals surface area contributed by atoms with Crippen molar-refractivity contribution in [1.29, 1.82) is 0 Å². The van der Waals surface area contributed by atoms with Crippen LogP contribution >= 0.6 is 0 Å². The lowest BCUT2D eigenvalue weighted by Gasteiger charge is -1.90. The minimum absolute atomic E-state index is 0.318. The minimum atomic E-state index is 0.318. The summed E-state index contributed by atoms with van der Waals surface area (Å²) in [6.07, 6.45) is 8.32. The molecule has 0 N–H and O–H groups in total. The molecule has 1 heteroatoms. The van der Waals surface area contributed by atoms with Crippen LogP contribution in [0.5, 0.6) is 0 Å². The molecule has 0 aliphatic heterocycles. The summed E-state index contributed by atoms with van der Waals surface area (Å²) >= 11 is 0. The van der Waals surface area contributed by atoms with Crippen LogP contribution in [-0.2, 0) is 4.79 Å². The van der Waals surface area contributed by atoms with Gasteiger partial charge in [0.1, 0.15) is 5.78 Å². The molecule has 0 aromatic rings. The van der Waals surface area contributed by atoms with Gasteiger partial charge in [0.2, 0.25) is 0 Å². The van der Waals surface area contributed by atoms with E-state index in [0.717, 1.165) is 12.8 Å². The number of hydrogen-bond acceptors (Lipinski definition) is 1. The molecule has 0 unspecified atom stereocenters. The average Bonchev–Trinajstić information content (AvgIpc) is 2.07. The van der Waals surface area contributed by atoms with Crippen LogP contribution in [-0.4, -0.2) is 5.78 Å². The van der Waals surface area contributed by atoms with E-state index in [2.05, 4.69) is 20.8 Å². The monoisotopic (exact) mass is 186 g/mol. The number of carbonyl (C=O) groups excluding carboxylic acids is 1. The number of ketones is 1. The van der Waals surface area contributed by atoms with E-state index in [-0.39, 0.29) is 0 Å². The van der Waals surface area contributed by atoms with Crippen LogP contribution in [0.1, 0.15) is 72.6 Å². The summed E-state index contributed by atoms with van der Waals surface area (Å²) in [7, 11) is 0. The maximum Gasteiger partial charge on any atom is 0.129 e. The molecule has 0 saturated carbocycles. The van der Waals surface area contributed by atoms with Crippen LogP contribution in [0.3, 0.4) is 0 Å². The molecular weight excluding hydrogens is 160 g/mol. The molecule has 0 fully saturated rings. The summed E-state index contributed by atoms with van der Waals surface area (Å²) in [6.45, 7) is 8.21. The van der Waals surface area contributed by atoms with E-state index in [0.29, 0.717) is 5.78 Å². The van der Waals surface area contributed by atoms with E-state index >= 15 is 0 Å². The molecule has 80 valence electrons. The highest BCUT2D eigenvalue weighted by Gasteiger charge is 1.89. The number of Topliss-reactive ketones (excluding diaryl/α,β-unsaturated/α-hetero) is 1. The van der Waals surface area contributed by atoms with E-state index < -0.39 is 0 Å². The van der Waals surface area contributed by atoms with Crippen molar-refractivity contribution in [2.24, 2.45) is 0 Å². The highest BCUT2D eigenvalue weighted by molar-refractivity contribution is 5.75. The van der Waals surface area contributed by atoms with Crippen LogP contribution in [0.25, 0.3) is 0 Å². The summed E-state index contributed by atoms with van der Waals surface area (Å²) < 4.78 is 0. The van der Waals surface area contributed by atoms with Crippen molar-refractivity contribution in [3.05, 3.63) is 0 Å². The van der Waals surface area contributed by atoms with E-state index in [1.54, 1.807) is 6.92 Å². The first-order valence-corrected chi connectivity index (χ1v) is 5.68. The minimum Gasteiger partial charge on any atom is -0.300 e. The van der Waals surface area contributed by atoms with Crippen molar-refractivity contribution in [3.8, 4) is 0 Å². The molecule has 0 rings (SSSR count). The van der Waals surface area contributed by atoms with E-state index in [4.69, 9.17) is 0 Å². The largest absolute Gasteiger partial charge is 0.300 e. The molecule has 0 saturated heterocycles. The summed E-state index contributed by atoms with van der Waals surface area (Å²) in [5, 5.41) is 0. The zero-order valence-electron chi connectivity index (χ0n) is 9.86. The molecule has 0 amide bonds. The van der Waals surface area contributed by atoms with Gasteiger partial charge in [0.15, 0.2) is 0 Å². The van der Waals surface area contributed by atoms with Gasteiger partial charge in [-0.15, -0.1) is 0 Å². The third-order valence-electron chi connectivity index (χ3n) is 1.84. The molecule has 0 spiro atoms. The second-order valence-electron chi connectivity index (χ2n) is 3.51. The van der Waals surface area contributed by atoms with Crippen molar-refractivity contribution in [1.82, 2.24) is 0 Å². The number of hydrogen-bond donors (Lipinski definition) is 0. The number of rotatable bonds is 6. The fourth-order valence-electron chi connectivity index (χ4n) is 0.977. The topological polar surface area (TPSA) is 17.1 Å². The van der Waals surface area contributed by atoms with E-state index in [1.165, 1.54) is 32.1 Å². The van der Waals surface area contributed by atoms with Crippen LogP contribution in [0.4, 0.5) is 0 Å². The lowest BCUT2D eigenvalue weighted by atomic mass is 10.2. The average molecular weight is 186 g/mol. The van der Waals surface area contributed by atoms with Gasteiger partial charge in [-0.3, -0.25) is 0 Å². The Hall–Kier alpha value is -0.330. The molecule has 0 heterocycles. The van der Waals surface area contributed by atoms with Crippen LogP contribution < -0.4 is 0 Å². The van der Waals surface area contributed by atoms with Crippen LogP contribution in [0, 0.1) is 0 Å². The highest BCUT2D eigenvalue weighted by atomic mass is 16.1. The van der Waals surface area contributed by atoms with Gasteiger partial charge in [0.05, 0.1) is 0 Å². The number of unbranched alkanes of at least 4 members (excludes halogenated alkanes) is 4. The Morgan fingerprint density at radius 1 is 0.846 bits per heavy atom. The van der Waals surface area contributed by atoms with Crippen molar-refractivity contribution in [3.63, 3.8) is 0 Å². The van der Waals surface area contributed by atoms with Gasteiger partial charge in [-0.05, 0) is 13.3 Å². The summed E-state index contributed by atoms with van der Waals surface area (Å²) in [5.74, 6) is 0.318. The third kappa shape index (κ3) is 24.5. The first-order valence-electron chi connectivity index (χ1n) is 5.68. The second kappa shape index (κ2) is 14.2. The lowest BCUT2D eigenvalue weighted by Crippen LogP contribution is -1.87. The van der Waals surface area contributed by atoms with Gasteiger partial charge < -0.3 is 4.79 Å². The van der Waals surface area contributed by atoms with Gasteiger partial charge in [0.25, 0.3) is 0 Å². The summed E-state index contributed by atoms with van der Waals surface area (Å²) in [5.41, 5.74) is 0. The Kier molecular flexibility index (Phi) is 16.6. The molecule has 13 heavy (non-hydrogen) atoms. The number of carbonyl (C=O) groups is 1. The Morgan fingerprint density at radius 2 is 1.31 bits per heavy atom. The first-order chi connectivity index (χ1) is 6.18. The summed E-state index contributed by atoms with van der Waals surface area (Å²) in [6, 6.07) is 0. The van der Waals surface area contributed by atoms with Gasteiger partial charge in [-0.1, -0.05) is 52.9 Å². The molecule has 1 nitrogen and oxygen atoms in total. The van der Waals surface area contributed by atoms with Gasteiger partial charge in [-0.2, -0.15) is 0 Å². The zero-order valence-corrected chi connectivity index (χ0v) is 9.86. The molecule has 0 bridgehead atoms. The second-order valence-corrected chi connectivity index (χ2v) is 3.51. The van der Waals surface area contributed by atoms with Crippen molar-refractivity contribution in [2.75, 3.05) is 0 Å². The molecule has 0 aromatic heterocycles. The molecule has 0 aromatic carbocycles. The predicted molar refractivity (Wildman–Crippen MR) is 60.0 cm³/mol. The van der Waals surface area contributed by atoms with E-state index in [9.17, 15) is 4.79 Å². The predicted octanol–water partition coefficient (Wildman–Crippen LogP) is 4.35. The Bertz CT molecular complexity index is 95.3. The maximum absolute atomic E-state index is 10.3. The van der Waals surface area contributed by atoms with Gasteiger partial charge in [-0.25, -0.2) is 0 Å². The Balaban J connectivity index is 0. The first kappa shape index (κ1) is 15.2. The van der Waals surface area contributed by atoms with Gasteiger partial charge in [0, 0.05) is 6.42 Å². The molecule has 0 aliphatic rings. The lowest BCUT2D eigenvalue weighted by molar-refractivity contribution is -0.117. The standard InChI is InChI=1S/C7H14O.C5H12/c1-3-4-5-6-7(2)8;1-3-5-4-2/h3-6H2,1-2H3;3-5H2,1-2H3. The summed E-state index contributed by atoms with van der Waals surface area (Å²) in [4.78, 5) is 10.3. The van der Waals surface area contributed by atoms with Crippen molar-refractivity contribution in [2.45, 2.75) is 72.6 Å². The molecule has 0 atom stereocenters. The van der Waals surface area contributed by atoms with Crippen LogP contribution in [0.2, 0.25) is 0 Å². The quantitative estimate of drug-likeness (QED) is 0.563.